The highest BCUT2D eigenvalue weighted by Gasteiger charge is 2.38. The molecule has 0 N–H and O–H groups in total. The summed E-state index contributed by atoms with van der Waals surface area (Å²) < 4.78 is 12.5. The Balaban J connectivity index is 2.08. The lowest BCUT2D eigenvalue weighted by molar-refractivity contribution is -0.206. The van der Waals surface area contributed by atoms with Crippen LogP contribution in [0.3, 0.4) is 0 Å². The van der Waals surface area contributed by atoms with Crippen molar-refractivity contribution >= 4 is 0 Å². The molecule has 0 aliphatic carbocycles. The second kappa shape index (κ2) is 5.78. The predicted octanol–water partition coefficient (Wildman–Crippen LogP) is 3.96. The summed E-state index contributed by atoms with van der Waals surface area (Å²) in [5.74, 6) is -0.253. The molecule has 0 amide bonds. The molecule has 0 aromatic heterocycles. The van der Waals surface area contributed by atoms with E-state index in [0.29, 0.717) is 19.1 Å². The van der Waals surface area contributed by atoms with Crippen LogP contribution in [0.25, 0.3) is 0 Å². The van der Waals surface area contributed by atoms with Crippen LogP contribution in [0.4, 0.5) is 0 Å². The van der Waals surface area contributed by atoms with E-state index in [2.05, 4.69) is 31.2 Å². The third-order valence-electron chi connectivity index (χ3n) is 3.79. The lowest BCUT2D eigenvalue weighted by atomic mass is 9.97. The third kappa shape index (κ3) is 2.49. The summed E-state index contributed by atoms with van der Waals surface area (Å²) in [6.45, 7) is 3.63. The SMILES string of the molecule is CC1CCOC(c2ccccc2)(c2ccccc2)OC1. The molecule has 2 nitrogen and oxygen atoms in total. The summed E-state index contributed by atoms with van der Waals surface area (Å²) in [4.78, 5) is 0. The van der Waals surface area contributed by atoms with Gasteiger partial charge in [0.15, 0.2) is 0 Å². The molecule has 0 saturated carbocycles. The Morgan fingerprint density at radius 2 is 1.40 bits per heavy atom. The van der Waals surface area contributed by atoms with Crippen LogP contribution in [0.5, 0.6) is 0 Å². The van der Waals surface area contributed by atoms with E-state index in [-0.39, 0.29) is 0 Å². The van der Waals surface area contributed by atoms with Gasteiger partial charge in [-0.05, 0) is 12.3 Å². The van der Waals surface area contributed by atoms with Gasteiger partial charge in [-0.3, -0.25) is 0 Å². The van der Waals surface area contributed by atoms with E-state index in [1.165, 1.54) is 0 Å². The van der Waals surface area contributed by atoms with Gasteiger partial charge < -0.3 is 9.47 Å². The lowest BCUT2D eigenvalue weighted by Gasteiger charge is -2.33. The first-order chi connectivity index (χ1) is 9.81. The van der Waals surface area contributed by atoms with E-state index in [1.54, 1.807) is 0 Å². The fraction of sp³-hybridized carbons (Fsp3) is 0.333. The van der Waals surface area contributed by atoms with Crippen molar-refractivity contribution in [3.8, 4) is 0 Å². The van der Waals surface area contributed by atoms with Crippen LogP contribution in [0.2, 0.25) is 0 Å². The van der Waals surface area contributed by atoms with Crippen molar-refractivity contribution < 1.29 is 9.47 Å². The highest BCUT2D eigenvalue weighted by Crippen LogP contribution is 2.37. The standard InChI is InChI=1S/C18H20O2/c1-15-12-13-19-18(20-14-15,16-8-4-2-5-9-16)17-10-6-3-7-11-17/h2-11,15H,12-14H2,1H3. The third-order valence-corrected chi connectivity index (χ3v) is 3.79. The normalized spacial score (nSPS) is 22.1. The monoisotopic (exact) mass is 268 g/mol. The Bertz CT molecular complexity index is 496. The molecule has 0 radical (unpaired) electrons. The van der Waals surface area contributed by atoms with Gasteiger partial charge in [-0.2, -0.15) is 0 Å². The van der Waals surface area contributed by atoms with Crippen molar-refractivity contribution in [3.05, 3.63) is 71.8 Å². The highest BCUT2D eigenvalue weighted by molar-refractivity contribution is 5.33. The number of hydrogen-bond donors (Lipinski definition) is 0. The minimum atomic E-state index is -0.771. The number of ether oxygens (including phenoxy) is 2. The molecule has 20 heavy (non-hydrogen) atoms. The average molecular weight is 268 g/mol. The minimum Gasteiger partial charge on any atom is -0.342 e. The number of rotatable bonds is 2. The van der Waals surface area contributed by atoms with Crippen LogP contribution in [-0.2, 0) is 15.3 Å². The van der Waals surface area contributed by atoms with Gasteiger partial charge in [-0.1, -0.05) is 67.6 Å². The van der Waals surface area contributed by atoms with E-state index in [9.17, 15) is 0 Å². The molecule has 1 aliphatic rings. The molecule has 2 aromatic rings. The zero-order valence-electron chi connectivity index (χ0n) is 11.8. The lowest BCUT2D eigenvalue weighted by Crippen LogP contribution is -2.34. The predicted molar refractivity (Wildman–Crippen MR) is 79.3 cm³/mol. The molecular weight excluding hydrogens is 248 g/mol. The van der Waals surface area contributed by atoms with Crippen LogP contribution in [-0.4, -0.2) is 13.2 Å². The number of hydrogen-bond acceptors (Lipinski definition) is 2. The molecule has 1 aliphatic heterocycles. The first kappa shape index (κ1) is 13.3. The first-order valence-electron chi connectivity index (χ1n) is 7.20. The maximum absolute atomic E-state index is 6.25. The molecule has 1 heterocycles. The maximum atomic E-state index is 6.25. The van der Waals surface area contributed by atoms with E-state index in [1.807, 2.05) is 36.4 Å². The summed E-state index contributed by atoms with van der Waals surface area (Å²) in [6, 6.07) is 20.4. The molecule has 3 rings (SSSR count). The molecule has 1 atom stereocenters. The quantitative estimate of drug-likeness (QED) is 0.820. The van der Waals surface area contributed by atoms with Gasteiger partial charge in [0.1, 0.15) is 0 Å². The van der Waals surface area contributed by atoms with E-state index >= 15 is 0 Å². The molecule has 1 fully saturated rings. The summed E-state index contributed by atoms with van der Waals surface area (Å²) in [5, 5.41) is 0. The van der Waals surface area contributed by atoms with Crippen molar-refractivity contribution in [1.29, 1.82) is 0 Å². The fourth-order valence-electron chi connectivity index (χ4n) is 2.60. The smallest absolute Gasteiger partial charge is 0.222 e. The molecule has 1 saturated heterocycles. The fourth-order valence-corrected chi connectivity index (χ4v) is 2.60. The zero-order valence-corrected chi connectivity index (χ0v) is 11.8. The van der Waals surface area contributed by atoms with E-state index in [0.717, 1.165) is 17.5 Å². The van der Waals surface area contributed by atoms with Crippen molar-refractivity contribution in [2.24, 2.45) is 5.92 Å². The Morgan fingerprint density at radius 3 is 1.95 bits per heavy atom. The molecule has 2 aromatic carbocycles. The number of benzene rings is 2. The topological polar surface area (TPSA) is 18.5 Å². The van der Waals surface area contributed by atoms with Crippen LogP contribution in [0, 0.1) is 5.92 Å². The second-order valence-electron chi connectivity index (χ2n) is 5.40. The first-order valence-corrected chi connectivity index (χ1v) is 7.20. The van der Waals surface area contributed by atoms with Gasteiger partial charge in [0.25, 0.3) is 0 Å². The Hall–Kier alpha value is -1.64. The Labute approximate surface area is 120 Å². The van der Waals surface area contributed by atoms with Gasteiger partial charge >= 0.3 is 0 Å². The largest absolute Gasteiger partial charge is 0.342 e. The molecular formula is C18H20O2. The summed E-state index contributed by atoms with van der Waals surface area (Å²) >= 11 is 0. The maximum Gasteiger partial charge on any atom is 0.222 e. The second-order valence-corrected chi connectivity index (χ2v) is 5.40. The summed E-state index contributed by atoms with van der Waals surface area (Å²) in [7, 11) is 0. The molecule has 1 unspecified atom stereocenters. The van der Waals surface area contributed by atoms with Gasteiger partial charge in [-0.15, -0.1) is 0 Å². The van der Waals surface area contributed by atoms with Crippen molar-refractivity contribution in [1.82, 2.24) is 0 Å². The molecule has 0 bridgehead atoms. The van der Waals surface area contributed by atoms with Crippen LogP contribution in [0.1, 0.15) is 24.5 Å². The van der Waals surface area contributed by atoms with Gasteiger partial charge in [0.2, 0.25) is 5.79 Å². The minimum absolute atomic E-state index is 0.518. The van der Waals surface area contributed by atoms with Gasteiger partial charge in [-0.25, -0.2) is 0 Å². The average Bonchev–Trinajstić information content (AvgIpc) is 2.72. The Morgan fingerprint density at radius 1 is 0.850 bits per heavy atom. The Kier molecular flexibility index (Phi) is 3.86. The van der Waals surface area contributed by atoms with Crippen molar-refractivity contribution in [3.63, 3.8) is 0 Å². The van der Waals surface area contributed by atoms with Crippen LogP contribution < -0.4 is 0 Å². The zero-order chi connectivity index (χ0) is 13.8. The molecule has 2 heteroatoms. The van der Waals surface area contributed by atoms with E-state index < -0.39 is 5.79 Å². The summed E-state index contributed by atoms with van der Waals surface area (Å²) in [6.07, 6.45) is 1.03. The van der Waals surface area contributed by atoms with Gasteiger partial charge in [0, 0.05) is 11.1 Å². The molecule has 0 spiro atoms. The summed E-state index contributed by atoms with van der Waals surface area (Å²) in [5.41, 5.74) is 2.11. The van der Waals surface area contributed by atoms with E-state index in [4.69, 9.17) is 9.47 Å². The van der Waals surface area contributed by atoms with Crippen molar-refractivity contribution in [2.45, 2.75) is 19.1 Å². The van der Waals surface area contributed by atoms with Crippen LogP contribution >= 0.6 is 0 Å². The highest BCUT2D eigenvalue weighted by atomic mass is 16.7. The van der Waals surface area contributed by atoms with Crippen LogP contribution in [0.15, 0.2) is 60.7 Å². The van der Waals surface area contributed by atoms with Gasteiger partial charge in [0.05, 0.1) is 13.2 Å². The molecule has 104 valence electrons. The van der Waals surface area contributed by atoms with Crippen molar-refractivity contribution in [2.75, 3.05) is 13.2 Å².